The SMILES string of the molecule is CNC(=O)c1ccc(C2CCC(=O)CC2)cn1. The normalized spacial score (nSPS) is 16.9. The number of carbonyl (C=O) groups excluding carboxylic acids is 2. The van der Waals surface area contributed by atoms with Crippen molar-refractivity contribution < 1.29 is 9.59 Å². The van der Waals surface area contributed by atoms with Crippen molar-refractivity contribution in [1.29, 1.82) is 0 Å². The molecule has 90 valence electrons. The van der Waals surface area contributed by atoms with Gasteiger partial charge in [0.1, 0.15) is 11.5 Å². The van der Waals surface area contributed by atoms with Gasteiger partial charge in [-0.1, -0.05) is 6.07 Å². The van der Waals surface area contributed by atoms with Crippen molar-refractivity contribution in [1.82, 2.24) is 10.3 Å². The zero-order valence-corrected chi connectivity index (χ0v) is 9.90. The third kappa shape index (κ3) is 2.70. The van der Waals surface area contributed by atoms with E-state index in [9.17, 15) is 9.59 Å². The lowest BCUT2D eigenvalue weighted by Crippen LogP contribution is -2.19. The molecule has 1 N–H and O–H groups in total. The number of hydrogen-bond acceptors (Lipinski definition) is 3. The van der Waals surface area contributed by atoms with Gasteiger partial charge in [0.15, 0.2) is 0 Å². The van der Waals surface area contributed by atoms with Gasteiger partial charge in [-0.2, -0.15) is 0 Å². The number of nitrogens with one attached hydrogen (secondary N) is 1. The molecular weight excluding hydrogens is 216 g/mol. The maximum absolute atomic E-state index is 11.3. The van der Waals surface area contributed by atoms with Gasteiger partial charge in [-0.05, 0) is 30.4 Å². The van der Waals surface area contributed by atoms with E-state index in [1.807, 2.05) is 6.07 Å². The Kier molecular flexibility index (Phi) is 3.52. The van der Waals surface area contributed by atoms with Crippen LogP contribution in [-0.4, -0.2) is 23.7 Å². The van der Waals surface area contributed by atoms with Crippen LogP contribution in [0.2, 0.25) is 0 Å². The summed E-state index contributed by atoms with van der Waals surface area (Å²) >= 11 is 0. The van der Waals surface area contributed by atoms with Gasteiger partial charge in [0, 0.05) is 26.1 Å². The quantitative estimate of drug-likeness (QED) is 0.843. The van der Waals surface area contributed by atoms with Gasteiger partial charge in [0.05, 0.1) is 0 Å². The molecule has 1 saturated carbocycles. The minimum absolute atomic E-state index is 0.171. The second kappa shape index (κ2) is 5.08. The first kappa shape index (κ1) is 11.8. The van der Waals surface area contributed by atoms with Crippen LogP contribution in [0.4, 0.5) is 0 Å². The summed E-state index contributed by atoms with van der Waals surface area (Å²) in [5, 5.41) is 2.54. The average Bonchev–Trinajstić information content (AvgIpc) is 2.39. The highest BCUT2D eigenvalue weighted by molar-refractivity contribution is 5.91. The Labute approximate surface area is 100 Å². The molecule has 1 aromatic heterocycles. The average molecular weight is 232 g/mol. The summed E-state index contributed by atoms with van der Waals surface area (Å²) in [5.74, 6) is 0.602. The Hall–Kier alpha value is -1.71. The lowest BCUT2D eigenvalue weighted by Gasteiger charge is -2.20. The van der Waals surface area contributed by atoms with Crippen LogP contribution in [0.25, 0.3) is 0 Å². The molecular formula is C13H16N2O2. The summed E-state index contributed by atoms with van der Waals surface area (Å²) in [6, 6.07) is 3.68. The molecule has 0 aliphatic heterocycles. The fourth-order valence-corrected chi connectivity index (χ4v) is 2.18. The predicted molar refractivity (Wildman–Crippen MR) is 63.8 cm³/mol. The summed E-state index contributed by atoms with van der Waals surface area (Å²) < 4.78 is 0. The fraction of sp³-hybridized carbons (Fsp3) is 0.462. The van der Waals surface area contributed by atoms with Gasteiger partial charge in [0.2, 0.25) is 0 Å². The van der Waals surface area contributed by atoms with E-state index in [-0.39, 0.29) is 5.91 Å². The Morgan fingerprint density at radius 1 is 1.35 bits per heavy atom. The predicted octanol–water partition coefficient (Wildman–Crippen LogP) is 1.67. The van der Waals surface area contributed by atoms with Crippen molar-refractivity contribution in [3.05, 3.63) is 29.6 Å². The van der Waals surface area contributed by atoms with Crippen molar-refractivity contribution in [2.24, 2.45) is 0 Å². The highest BCUT2D eigenvalue weighted by Gasteiger charge is 2.20. The molecule has 1 aliphatic carbocycles. The van der Waals surface area contributed by atoms with Crippen LogP contribution in [0.15, 0.2) is 18.3 Å². The second-order valence-corrected chi connectivity index (χ2v) is 4.37. The fourth-order valence-electron chi connectivity index (χ4n) is 2.18. The zero-order valence-electron chi connectivity index (χ0n) is 9.90. The van der Waals surface area contributed by atoms with E-state index < -0.39 is 0 Å². The van der Waals surface area contributed by atoms with Gasteiger partial charge in [-0.15, -0.1) is 0 Å². The van der Waals surface area contributed by atoms with Crippen molar-refractivity contribution in [3.63, 3.8) is 0 Å². The maximum Gasteiger partial charge on any atom is 0.269 e. The van der Waals surface area contributed by atoms with E-state index >= 15 is 0 Å². The zero-order chi connectivity index (χ0) is 12.3. The Balaban J connectivity index is 2.07. The second-order valence-electron chi connectivity index (χ2n) is 4.37. The smallest absolute Gasteiger partial charge is 0.269 e. The number of amides is 1. The van der Waals surface area contributed by atoms with E-state index in [2.05, 4.69) is 10.3 Å². The molecule has 1 amide bonds. The number of aromatic nitrogens is 1. The van der Waals surface area contributed by atoms with Crippen LogP contribution in [0.1, 0.15) is 47.7 Å². The van der Waals surface area contributed by atoms with Gasteiger partial charge in [-0.3, -0.25) is 14.6 Å². The lowest BCUT2D eigenvalue weighted by molar-refractivity contribution is -0.120. The minimum Gasteiger partial charge on any atom is -0.354 e. The third-order valence-corrected chi connectivity index (χ3v) is 3.26. The third-order valence-electron chi connectivity index (χ3n) is 3.26. The molecule has 0 spiro atoms. The van der Waals surface area contributed by atoms with Crippen molar-refractivity contribution in [3.8, 4) is 0 Å². The molecule has 0 atom stereocenters. The van der Waals surface area contributed by atoms with Crippen LogP contribution in [0, 0.1) is 0 Å². The molecule has 1 aromatic rings. The Morgan fingerprint density at radius 3 is 2.59 bits per heavy atom. The van der Waals surface area contributed by atoms with E-state index in [4.69, 9.17) is 0 Å². The van der Waals surface area contributed by atoms with Crippen molar-refractivity contribution in [2.75, 3.05) is 7.05 Å². The number of Topliss-reactive ketones (excluding diaryl/α,β-unsaturated/α-hetero) is 1. The van der Waals surface area contributed by atoms with Crippen LogP contribution >= 0.6 is 0 Å². The molecule has 2 rings (SSSR count). The molecule has 1 heterocycles. The van der Waals surface area contributed by atoms with E-state index in [0.717, 1.165) is 18.4 Å². The number of carbonyl (C=O) groups is 2. The molecule has 0 unspecified atom stereocenters. The summed E-state index contributed by atoms with van der Waals surface area (Å²) in [6.07, 6.45) is 4.90. The maximum atomic E-state index is 11.3. The molecule has 1 aliphatic rings. The molecule has 4 heteroatoms. The molecule has 0 aromatic carbocycles. The van der Waals surface area contributed by atoms with E-state index in [0.29, 0.717) is 30.2 Å². The lowest BCUT2D eigenvalue weighted by atomic mass is 9.84. The highest BCUT2D eigenvalue weighted by Crippen LogP contribution is 2.30. The molecule has 0 saturated heterocycles. The minimum atomic E-state index is -0.171. The topological polar surface area (TPSA) is 59.1 Å². The van der Waals surface area contributed by atoms with Gasteiger partial charge in [-0.25, -0.2) is 0 Å². The first-order chi connectivity index (χ1) is 8.20. The van der Waals surface area contributed by atoms with Gasteiger partial charge < -0.3 is 5.32 Å². The molecule has 0 bridgehead atoms. The molecule has 17 heavy (non-hydrogen) atoms. The van der Waals surface area contributed by atoms with Crippen LogP contribution < -0.4 is 5.32 Å². The summed E-state index contributed by atoms with van der Waals surface area (Å²) in [6.45, 7) is 0. The van der Waals surface area contributed by atoms with Crippen molar-refractivity contribution in [2.45, 2.75) is 31.6 Å². The first-order valence-electron chi connectivity index (χ1n) is 5.90. The van der Waals surface area contributed by atoms with Crippen LogP contribution in [0.5, 0.6) is 0 Å². The number of ketones is 1. The standard InChI is InChI=1S/C13H16N2O2/c1-14-13(17)12-7-4-10(8-15-12)9-2-5-11(16)6-3-9/h4,7-9H,2-3,5-6H2,1H3,(H,14,17). The van der Waals surface area contributed by atoms with E-state index in [1.165, 1.54) is 0 Å². The summed E-state index contributed by atoms with van der Waals surface area (Å²) in [5.41, 5.74) is 1.56. The monoisotopic (exact) mass is 232 g/mol. The molecule has 0 radical (unpaired) electrons. The van der Waals surface area contributed by atoms with Crippen molar-refractivity contribution >= 4 is 11.7 Å². The number of rotatable bonds is 2. The van der Waals surface area contributed by atoms with E-state index in [1.54, 1.807) is 19.3 Å². The summed E-state index contributed by atoms with van der Waals surface area (Å²) in [4.78, 5) is 26.6. The number of hydrogen-bond donors (Lipinski definition) is 1. The first-order valence-corrected chi connectivity index (χ1v) is 5.90. The van der Waals surface area contributed by atoms with Crippen LogP contribution in [0.3, 0.4) is 0 Å². The van der Waals surface area contributed by atoms with Gasteiger partial charge >= 0.3 is 0 Å². The number of pyridine rings is 1. The summed E-state index contributed by atoms with van der Waals surface area (Å²) in [7, 11) is 1.59. The molecule has 4 nitrogen and oxygen atoms in total. The highest BCUT2D eigenvalue weighted by atomic mass is 16.1. The molecule has 1 fully saturated rings. The number of nitrogens with zero attached hydrogens (tertiary/aromatic N) is 1. The Morgan fingerprint density at radius 2 is 2.06 bits per heavy atom. The Bertz CT molecular complexity index is 416. The van der Waals surface area contributed by atoms with Gasteiger partial charge in [0.25, 0.3) is 5.91 Å². The van der Waals surface area contributed by atoms with Crippen LogP contribution in [-0.2, 0) is 4.79 Å². The largest absolute Gasteiger partial charge is 0.354 e.